The Hall–Kier alpha value is -1.26. The van der Waals surface area contributed by atoms with Crippen LogP contribution in [-0.2, 0) is 4.79 Å². The number of hydrogen-bond donors (Lipinski definition) is 1. The summed E-state index contributed by atoms with van der Waals surface area (Å²) < 4.78 is 5.65. The fourth-order valence-electron chi connectivity index (χ4n) is 2.76. The Morgan fingerprint density at radius 3 is 2.57 bits per heavy atom. The summed E-state index contributed by atoms with van der Waals surface area (Å²) in [7, 11) is 1.74. The highest BCUT2D eigenvalue weighted by Gasteiger charge is 2.31. The Morgan fingerprint density at radius 1 is 1.33 bits per heavy atom. The summed E-state index contributed by atoms with van der Waals surface area (Å²) in [6.07, 6.45) is 2.65. The van der Waals surface area contributed by atoms with Gasteiger partial charge in [-0.05, 0) is 44.0 Å². The Kier molecular flexibility index (Phi) is 5.48. The van der Waals surface area contributed by atoms with Gasteiger partial charge < -0.3 is 14.7 Å². The van der Waals surface area contributed by atoms with Crippen LogP contribution in [0.3, 0.4) is 0 Å². The smallest absolute Gasteiger partial charge is 0.263 e. The van der Waals surface area contributed by atoms with Gasteiger partial charge in [-0.15, -0.1) is 0 Å². The molecule has 3 unspecified atom stereocenters. The van der Waals surface area contributed by atoms with E-state index in [4.69, 9.17) is 16.3 Å². The minimum atomic E-state index is -0.592. The minimum absolute atomic E-state index is 0.109. The molecule has 116 valence electrons. The van der Waals surface area contributed by atoms with E-state index in [1.165, 1.54) is 0 Å². The van der Waals surface area contributed by atoms with Gasteiger partial charge in [0, 0.05) is 12.1 Å². The number of benzene rings is 1. The van der Waals surface area contributed by atoms with Crippen LogP contribution in [0.4, 0.5) is 0 Å². The van der Waals surface area contributed by atoms with Gasteiger partial charge in [-0.25, -0.2) is 0 Å². The third-order valence-electron chi connectivity index (χ3n) is 4.01. The molecule has 0 aliphatic heterocycles. The quantitative estimate of drug-likeness (QED) is 0.930. The van der Waals surface area contributed by atoms with Crippen LogP contribution in [0, 0.1) is 0 Å². The molecule has 1 aromatic carbocycles. The summed E-state index contributed by atoms with van der Waals surface area (Å²) in [6, 6.07) is 6.82. The summed E-state index contributed by atoms with van der Waals surface area (Å²) in [5.41, 5.74) is 0. The number of carbonyl (C=O) groups excluding carboxylic acids is 1. The zero-order chi connectivity index (χ0) is 15.4. The summed E-state index contributed by atoms with van der Waals surface area (Å²) in [6.45, 7) is 1.72. The number of likely N-dealkylation sites (N-methyl/N-ethyl adjacent to an activating group) is 1. The van der Waals surface area contributed by atoms with Crippen LogP contribution in [0.1, 0.15) is 32.6 Å². The molecule has 1 aromatic rings. The number of hydrogen-bond acceptors (Lipinski definition) is 3. The SMILES string of the molecule is CC(Oc1ccc(Cl)cc1)C(=O)N(C)C1CCCCC1O. The zero-order valence-corrected chi connectivity index (χ0v) is 13.2. The number of rotatable bonds is 4. The summed E-state index contributed by atoms with van der Waals surface area (Å²) >= 11 is 5.82. The van der Waals surface area contributed by atoms with Crippen LogP contribution in [-0.4, -0.2) is 41.2 Å². The van der Waals surface area contributed by atoms with Gasteiger partial charge in [0.25, 0.3) is 5.91 Å². The van der Waals surface area contributed by atoms with Crippen LogP contribution in [0.5, 0.6) is 5.75 Å². The van der Waals surface area contributed by atoms with E-state index in [1.54, 1.807) is 43.1 Å². The average Bonchev–Trinajstić information content (AvgIpc) is 2.48. The molecule has 0 saturated heterocycles. The van der Waals surface area contributed by atoms with Gasteiger partial charge in [-0.1, -0.05) is 24.4 Å². The van der Waals surface area contributed by atoms with Gasteiger partial charge in [0.1, 0.15) is 5.75 Å². The molecule has 1 aliphatic carbocycles. The van der Waals surface area contributed by atoms with Crippen molar-refractivity contribution >= 4 is 17.5 Å². The van der Waals surface area contributed by atoms with Gasteiger partial charge in [-0.2, -0.15) is 0 Å². The molecule has 3 atom stereocenters. The first-order valence-electron chi connectivity index (χ1n) is 7.36. The molecular weight excluding hydrogens is 290 g/mol. The third kappa shape index (κ3) is 4.11. The number of carbonyl (C=O) groups is 1. The molecule has 0 bridgehead atoms. The van der Waals surface area contributed by atoms with E-state index >= 15 is 0 Å². The highest BCUT2D eigenvalue weighted by atomic mass is 35.5. The first-order valence-corrected chi connectivity index (χ1v) is 7.74. The fraction of sp³-hybridized carbons (Fsp3) is 0.562. The Morgan fingerprint density at radius 2 is 1.95 bits per heavy atom. The van der Waals surface area contributed by atoms with E-state index in [0.29, 0.717) is 10.8 Å². The molecule has 0 spiro atoms. The average molecular weight is 312 g/mol. The predicted molar refractivity (Wildman–Crippen MR) is 82.6 cm³/mol. The molecule has 5 heteroatoms. The lowest BCUT2D eigenvalue weighted by molar-refractivity contribution is -0.142. The van der Waals surface area contributed by atoms with Crippen LogP contribution < -0.4 is 4.74 Å². The van der Waals surface area contributed by atoms with Crippen molar-refractivity contribution in [3.8, 4) is 5.75 Å². The first kappa shape index (κ1) is 16.1. The van der Waals surface area contributed by atoms with E-state index in [-0.39, 0.29) is 11.9 Å². The maximum absolute atomic E-state index is 12.4. The topological polar surface area (TPSA) is 49.8 Å². The molecule has 1 saturated carbocycles. The lowest BCUT2D eigenvalue weighted by Crippen LogP contribution is -2.50. The van der Waals surface area contributed by atoms with Gasteiger partial charge >= 0.3 is 0 Å². The van der Waals surface area contributed by atoms with Gasteiger partial charge in [0.15, 0.2) is 6.10 Å². The molecule has 1 amide bonds. The molecule has 0 radical (unpaired) electrons. The minimum Gasteiger partial charge on any atom is -0.481 e. The predicted octanol–water partition coefficient (Wildman–Crippen LogP) is 2.87. The monoisotopic (exact) mass is 311 g/mol. The van der Waals surface area contributed by atoms with E-state index in [0.717, 1.165) is 25.7 Å². The van der Waals surface area contributed by atoms with Crippen molar-refractivity contribution in [1.29, 1.82) is 0 Å². The third-order valence-corrected chi connectivity index (χ3v) is 4.27. The van der Waals surface area contributed by atoms with Crippen molar-refractivity contribution in [3.63, 3.8) is 0 Å². The van der Waals surface area contributed by atoms with E-state index in [9.17, 15) is 9.90 Å². The number of nitrogens with zero attached hydrogens (tertiary/aromatic N) is 1. The number of aliphatic hydroxyl groups excluding tert-OH is 1. The molecule has 0 heterocycles. The van der Waals surface area contributed by atoms with Crippen molar-refractivity contribution in [2.75, 3.05) is 7.05 Å². The lowest BCUT2D eigenvalue weighted by atomic mass is 9.91. The normalized spacial score (nSPS) is 23.4. The molecule has 4 nitrogen and oxygen atoms in total. The number of aliphatic hydroxyl groups is 1. The van der Waals surface area contributed by atoms with Crippen molar-refractivity contribution < 1.29 is 14.6 Å². The fourth-order valence-corrected chi connectivity index (χ4v) is 2.89. The van der Waals surface area contributed by atoms with Gasteiger partial charge in [0.2, 0.25) is 0 Å². The highest BCUT2D eigenvalue weighted by molar-refractivity contribution is 6.30. The van der Waals surface area contributed by atoms with E-state index in [1.807, 2.05) is 0 Å². The van der Waals surface area contributed by atoms with Crippen LogP contribution in [0.25, 0.3) is 0 Å². The van der Waals surface area contributed by atoms with E-state index < -0.39 is 12.2 Å². The number of amides is 1. The first-order chi connectivity index (χ1) is 9.99. The van der Waals surface area contributed by atoms with Crippen LogP contribution in [0.15, 0.2) is 24.3 Å². The zero-order valence-electron chi connectivity index (χ0n) is 12.5. The van der Waals surface area contributed by atoms with Crippen molar-refractivity contribution in [2.45, 2.75) is 50.9 Å². The summed E-state index contributed by atoms with van der Waals surface area (Å²) in [5.74, 6) is 0.494. The number of ether oxygens (including phenoxy) is 1. The van der Waals surface area contributed by atoms with Crippen LogP contribution in [0.2, 0.25) is 5.02 Å². The summed E-state index contributed by atoms with van der Waals surface area (Å²) in [4.78, 5) is 14.1. The lowest BCUT2D eigenvalue weighted by Gasteiger charge is -2.36. The van der Waals surface area contributed by atoms with Crippen LogP contribution >= 0.6 is 11.6 Å². The molecule has 2 rings (SSSR count). The Balaban J connectivity index is 1.96. The molecular formula is C16H22ClNO3. The second-order valence-corrected chi connectivity index (χ2v) is 6.02. The molecule has 0 aromatic heterocycles. The van der Waals surface area contributed by atoms with E-state index in [2.05, 4.69) is 0 Å². The number of halogens is 1. The highest BCUT2D eigenvalue weighted by Crippen LogP contribution is 2.23. The van der Waals surface area contributed by atoms with Gasteiger partial charge in [-0.3, -0.25) is 4.79 Å². The summed E-state index contributed by atoms with van der Waals surface area (Å²) in [5, 5.41) is 10.7. The second kappa shape index (κ2) is 7.14. The van der Waals surface area contributed by atoms with Gasteiger partial charge in [0.05, 0.1) is 12.1 Å². The standard InChI is InChI=1S/C16H22ClNO3/c1-11(21-13-9-7-12(17)8-10-13)16(20)18(2)14-5-3-4-6-15(14)19/h7-11,14-15,19H,3-6H2,1-2H3. The largest absolute Gasteiger partial charge is 0.481 e. The van der Waals surface area contributed by atoms with Crippen molar-refractivity contribution in [1.82, 2.24) is 4.90 Å². The molecule has 1 fully saturated rings. The Labute approximate surface area is 130 Å². The molecule has 1 aliphatic rings. The maximum Gasteiger partial charge on any atom is 0.263 e. The second-order valence-electron chi connectivity index (χ2n) is 5.58. The molecule has 21 heavy (non-hydrogen) atoms. The maximum atomic E-state index is 12.4. The molecule has 1 N–H and O–H groups in total. The van der Waals surface area contributed by atoms with Crippen molar-refractivity contribution in [3.05, 3.63) is 29.3 Å². The van der Waals surface area contributed by atoms with Crippen molar-refractivity contribution in [2.24, 2.45) is 0 Å². The Bertz CT molecular complexity index is 477.